The van der Waals surface area contributed by atoms with Gasteiger partial charge in [-0.15, -0.1) is 11.3 Å². The number of ether oxygens (including phenoxy) is 1. The highest BCUT2D eigenvalue weighted by Gasteiger charge is 2.30. The number of nitrogens with one attached hydrogen (secondary N) is 1. The van der Waals surface area contributed by atoms with Gasteiger partial charge in [0, 0.05) is 23.7 Å². The molecule has 1 aliphatic rings. The standard InChI is InChI=1S/C18H22N2O4S2/c1-12-4-5-15(13(2)10-12)19-18(21)16-11-17(14(3)25-16)26(22,23)20-6-8-24-9-7-20/h4-5,10-11H,6-9H2,1-3H3,(H,19,21). The van der Waals surface area contributed by atoms with E-state index in [0.717, 1.165) is 16.8 Å². The fourth-order valence-corrected chi connectivity index (χ4v) is 5.76. The molecule has 8 heteroatoms. The van der Waals surface area contributed by atoms with Crippen LogP contribution in [0.2, 0.25) is 0 Å². The fraction of sp³-hybridized carbons (Fsp3) is 0.389. The van der Waals surface area contributed by atoms with Crippen LogP contribution in [0.5, 0.6) is 0 Å². The van der Waals surface area contributed by atoms with Crippen molar-refractivity contribution in [2.45, 2.75) is 25.7 Å². The largest absolute Gasteiger partial charge is 0.379 e. The SMILES string of the molecule is Cc1ccc(NC(=O)c2cc(S(=O)(=O)N3CCOCC3)c(C)s2)c(C)c1. The lowest BCUT2D eigenvalue weighted by atomic mass is 10.1. The van der Waals surface area contributed by atoms with Gasteiger partial charge in [0.25, 0.3) is 5.91 Å². The van der Waals surface area contributed by atoms with Gasteiger partial charge in [-0.25, -0.2) is 8.42 Å². The molecule has 1 aromatic carbocycles. The topological polar surface area (TPSA) is 75.7 Å². The molecule has 1 N–H and O–H groups in total. The summed E-state index contributed by atoms with van der Waals surface area (Å²) in [6.07, 6.45) is 0. The first-order valence-electron chi connectivity index (χ1n) is 8.36. The van der Waals surface area contributed by atoms with Gasteiger partial charge in [-0.2, -0.15) is 4.31 Å². The summed E-state index contributed by atoms with van der Waals surface area (Å²) in [6.45, 7) is 7.10. The molecule has 3 rings (SSSR count). The number of morpholine rings is 1. The average molecular weight is 395 g/mol. The predicted octanol–water partition coefficient (Wildman–Crippen LogP) is 2.95. The van der Waals surface area contributed by atoms with Crippen LogP contribution in [0, 0.1) is 20.8 Å². The summed E-state index contributed by atoms with van der Waals surface area (Å²) in [5.74, 6) is -0.298. The monoisotopic (exact) mass is 394 g/mol. The van der Waals surface area contributed by atoms with Crippen LogP contribution in [-0.4, -0.2) is 44.9 Å². The van der Waals surface area contributed by atoms with Crippen LogP contribution in [0.25, 0.3) is 0 Å². The van der Waals surface area contributed by atoms with Crippen molar-refractivity contribution in [1.82, 2.24) is 4.31 Å². The van der Waals surface area contributed by atoms with Crippen molar-refractivity contribution in [3.8, 4) is 0 Å². The molecule has 6 nitrogen and oxygen atoms in total. The molecule has 0 saturated carbocycles. The van der Waals surface area contributed by atoms with E-state index in [1.807, 2.05) is 32.0 Å². The summed E-state index contributed by atoms with van der Waals surface area (Å²) in [6, 6.07) is 7.25. The third-order valence-electron chi connectivity index (χ3n) is 4.31. The highest BCUT2D eigenvalue weighted by Crippen LogP contribution is 2.29. The lowest BCUT2D eigenvalue weighted by Gasteiger charge is -2.25. The smallest absolute Gasteiger partial charge is 0.265 e. The van der Waals surface area contributed by atoms with Crippen LogP contribution in [0.1, 0.15) is 25.7 Å². The zero-order valence-electron chi connectivity index (χ0n) is 15.0. The quantitative estimate of drug-likeness (QED) is 0.865. The van der Waals surface area contributed by atoms with Gasteiger partial charge in [0.15, 0.2) is 0 Å². The second-order valence-corrected chi connectivity index (χ2v) is 9.48. The Labute approximate surface area is 157 Å². The first-order chi connectivity index (χ1) is 12.3. The Hall–Kier alpha value is -1.74. The van der Waals surface area contributed by atoms with Crippen LogP contribution < -0.4 is 5.32 Å². The van der Waals surface area contributed by atoms with Crippen molar-refractivity contribution < 1.29 is 17.9 Å². The Bertz CT molecular complexity index is 929. The fourth-order valence-electron chi connectivity index (χ4n) is 2.90. The molecule has 1 amide bonds. The summed E-state index contributed by atoms with van der Waals surface area (Å²) in [7, 11) is -3.61. The minimum absolute atomic E-state index is 0.204. The molecule has 0 spiro atoms. The van der Waals surface area contributed by atoms with E-state index in [1.165, 1.54) is 21.7 Å². The Balaban J connectivity index is 1.84. The molecule has 0 unspecified atom stereocenters. The maximum atomic E-state index is 12.8. The van der Waals surface area contributed by atoms with Crippen molar-refractivity contribution in [3.63, 3.8) is 0 Å². The van der Waals surface area contributed by atoms with Crippen molar-refractivity contribution in [1.29, 1.82) is 0 Å². The summed E-state index contributed by atoms with van der Waals surface area (Å²) < 4.78 is 32.3. The van der Waals surface area contributed by atoms with Crippen molar-refractivity contribution >= 4 is 33.0 Å². The number of hydrogen-bond donors (Lipinski definition) is 1. The molecule has 0 bridgehead atoms. The minimum Gasteiger partial charge on any atom is -0.379 e. The number of amides is 1. The molecule has 0 aliphatic carbocycles. The Kier molecular flexibility index (Phi) is 5.47. The van der Waals surface area contributed by atoms with Gasteiger partial charge in [0.05, 0.1) is 23.0 Å². The molecule has 0 atom stereocenters. The Morgan fingerprint density at radius 3 is 2.50 bits per heavy atom. The Morgan fingerprint density at radius 1 is 1.15 bits per heavy atom. The van der Waals surface area contributed by atoms with Gasteiger partial charge in [-0.3, -0.25) is 4.79 Å². The van der Waals surface area contributed by atoms with Gasteiger partial charge in [0.2, 0.25) is 10.0 Å². The molecular formula is C18H22N2O4S2. The Morgan fingerprint density at radius 2 is 1.85 bits per heavy atom. The normalized spacial score (nSPS) is 15.8. The van der Waals surface area contributed by atoms with Crippen LogP contribution in [0.15, 0.2) is 29.2 Å². The van der Waals surface area contributed by atoms with Gasteiger partial charge in [-0.05, 0) is 38.5 Å². The first kappa shape index (κ1) is 19.0. The number of carbonyl (C=O) groups excluding carboxylic acids is 1. The van der Waals surface area contributed by atoms with Gasteiger partial charge < -0.3 is 10.1 Å². The lowest BCUT2D eigenvalue weighted by molar-refractivity contribution is 0.0730. The van der Waals surface area contributed by atoms with Gasteiger partial charge in [0.1, 0.15) is 0 Å². The van der Waals surface area contributed by atoms with E-state index in [4.69, 9.17) is 4.74 Å². The summed E-state index contributed by atoms with van der Waals surface area (Å²) in [4.78, 5) is 13.8. The van der Waals surface area contributed by atoms with Crippen molar-refractivity contribution in [2.24, 2.45) is 0 Å². The number of thiophene rings is 1. The molecule has 1 aromatic heterocycles. The first-order valence-corrected chi connectivity index (χ1v) is 10.6. The number of aryl methyl sites for hydroxylation is 3. The highest BCUT2D eigenvalue weighted by atomic mass is 32.2. The van der Waals surface area contributed by atoms with E-state index in [1.54, 1.807) is 6.92 Å². The van der Waals surface area contributed by atoms with E-state index in [-0.39, 0.29) is 10.8 Å². The molecule has 2 heterocycles. The third-order valence-corrected chi connectivity index (χ3v) is 7.52. The van der Waals surface area contributed by atoms with Crippen molar-refractivity contribution in [3.05, 3.63) is 45.1 Å². The molecule has 1 saturated heterocycles. The zero-order valence-corrected chi connectivity index (χ0v) is 16.7. The maximum absolute atomic E-state index is 12.8. The van der Waals surface area contributed by atoms with Gasteiger partial charge in [-0.1, -0.05) is 17.7 Å². The van der Waals surface area contributed by atoms with E-state index in [9.17, 15) is 13.2 Å². The van der Waals surface area contributed by atoms with Crippen LogP contribution in [-0.2, 0) is 14.8 Å². The van der Waals surface area contributed by atoms with E-state index < -0.39 is 10.0 Å². The molecule has 26 heavy (non-hydrogen) atoms. The number of nitrogens with zero attached hydrogens (tertiary/aromatic N) is 1. The summed E-state index contributed by atoms with van der Waals surface area (Å²) in [5, 5.41) is 2.87. The van der Waals surface area contributed by atoms with E-state index in [0.29, 0.717) is 36.1 Å². The molecule has 1 aliphatic heterocycles. The summed E-state index contributed by atoms with van der Waals surface area (Å²) >= 11 is 1.19. The molecular weight excluding hydrogens is 372 g/mol. The van der Waals surface area contributed by atoms with E-state index >= 15 is 0 Å². The van der Waals surface area contributed by atoms with E-state index in [2.05, 4.69) is 5.32 Å². The molecule has 1 fully saturated rings. The number of sulfonamides is 1. The maximum Gasteiger partial charge on any atom is 0.265 e. The number of hydrogen-bond acceptors (Lipinski definition) is 5. The molecule has 2 aromatic rings. The second kappa shape index (κ2) is 7.48. The number of anilines is 1. The number of benzene rings is 1. The predicted molar refractivity (Wildman–Crippen MR) is 103 cm³/mol. The third kappa shape index (κ3) is 3.83. The molecule has 140 valence electrons. The van der Waals surface area contributed by atoms with Crippen LogP contribution in [0.4, 0.5) is 5.69 Å². The van der Waals surface area contributed by atoms with Gasteiger partial charge >= 0.3 is 0 Å². The van der Waals surface area contributed by atoms with Crippen molar-refractivity contribution in [2.75, 3.05) is 31.6 Å². The number of carbonyl (C=O) groups is 1. The summed E-state index contributed by atoms with van der Waals surface area (Å²) in [5.41, 5.74) is 2.81. The second-order valence-electron chi connectivity index (χ2n) is 6.32. The minimum atomic E-state index is -3.61. The highest BCUT2D eigenvalue weighted by molar-refractivity contribution is 7.89. The lowest BCUT2D eigenvalue weighted by Crippen LogP contribution is -2.40. The number of rotatable bonds is 4. The van der Waals surface area contributed by atoms with Crippen LogP contribution >= 0.6 is 11.3 Å². The average Bonchev–Trinajstić information content (AvgIpc) is 3.01. The zero-order chi connectivity index (χ0) is 18.9. The van der Waals surface area contributed by atoms with Crippen LogP contribution in [0.3, 0.4) is 0 Å². The molecule has 0 radical (unpaired) electrons.